The Balaban J connectivity index is 1.56. The van der Waals surface area contributed by atoms with Crippen molar-refractivity contribution in [2.24, 2.45) is 0 Å². The standard InChI is InChI=1S/C23H19FN2O7/c24-18-19(33-22(29)15-9-5-2-6-10-15)16(13-31-21(28)14-7-3-1-4-8-14)32-20(18)26-12-11-17(27)25-23(26)30/h1-12,16,18-20H,13H2,(H,25,27,30)/t16-,18-,19-,20+/m0/s1. The molecule has 4 atom stereocenters. The molecule has 1 saturated heterocycles. The topological polar surface area (TPSA) is 117 Å². The molecular formula is C23H19FN2O7. The fourth-order valence-electron chi connectivity index (χ4n) is 3.40. The molecule has 0 bridgehead atoms. The first-order valence-corrected chi connectivity index (χ1v) is 10.0. The summed E-state index contributed by atoms with van der Waals surface area (Å²) in [5.41, 5.74) is -1.09. The van der Waals surface area contributed by atoms with Gasteiger partial charge in [0.05, 0.1) is 11.1 Å². The summed E-state index contributed by atoms with van der Waals surface area (Å²) >= 11 is 0. The minimum absolute atomic E-state index is 0.189. The van der Waals surface area contributed by atoms with E-state index in [0.29, 0.717) is 0 Å². The van der Waals surface area contributed by atoms with Gasteiger partial charge in [0.15, 0.2) is 18.5 Å². The fourth-order valence-corrected chi connectivity index (χ4v) is 3.40. The molecule has 1 fully saturated rings. The van der Waals surface area contributed by atoms with E-state index in [0.717, 1.165) is 16.8 Å². The summed E-state index contributed by atoms with van der Waals surface area (Å²) in [4.78, 5) is 50.4. The van der Waals surface area contributed by atoms with E-state index in [1.165, 1.54) is 12.1 Å². The van der Waals surface area contributed by atoms with E-state index in [2.05, 4.69) is 0 Å². The van der Waals surface area contributed by atoms with Crippen LogP contribution in [0.3, 0.4) is 0 Å². The Morgan fingerprint density at radius 1 is 0.939 bits per heavy atom. The summed E-state index contributed by atoms with van der Waals surface area (Å²) in [5.74, 6) is -1.48. The summed E-state index contributed by atoms with van der Waals surface area (Å²) in [6.07, 6.45) is -5.10. The molecule has 0 spiro atoms. The zero-order chi connectivity index (χ0) is 23.4. The summed E-state index contributed by atoms with van der Waals surface area (Å²) < 4.78 is 32.5. The zero-order valence-corrected chi connectivity index (χ0v) is 17.1. The first-order chi connectivity index (χ1) is 15.9. The molecule has 170 valence electrons. The van der Waals surface area contributed by atoms with Crippen molar-refractivity contribution in [3.8, 4) is 0 Å². The molecule has 0 radical (unpaired) electrons. The second-order valence-corrected chi connectivity index (χ2v) is 7.23. The summed E-state index contributed by atoms with van der Waals surface area (Å²) in [6, 6.07) is 17.1. The molecule has 9 nitrogen and oxygen atoms in total. The molecule has 0 saturated carbocycles. The van der Waals surface area contributed by atoms with E-state index in [-0.39, 0.29) is 11.1 Å². The number of alkyl halides is 1. The quantitative estimate of drug-likeness (QED) is 0.565. The average Bonchev–Trinajstić information content (AvgIpc) is 3.13. The largest absolute Gasteiger partial charge is 0.459 e. The third kappa shape index (κ3) is 4.90. The van der Waals surface area contributed by atoms with Crippen LogP contribution in [0.25, 0.3) is 0 Å². The van der Waals surface area contributed by atoms with Crippen molar-refractivity contribution in [3.63, 3.8) is 0 Å². The van der Waals surface area contributed by atoms with Gasteiger partial charge in [-0.1, -0.05) is 36.4 Å². The lowest BCUT2D eigenvalue weighted by atomic mass is 10.1. The lowest BCUT2D eigenvalue weighted by molar-refractivity contribution is -0.0592. The molecule has 2 heterocycles. The molecule has 10 heteroatoms. The van der Waals surface area contributed by atoms with Crippen LogP contribution in [-0.4, -0.2) is 46.5 Å². The van der Waals surface area contributed by atoms with Gasteiger partial charge in [0.2, 0.25) is 0 Å². The van der Waals surface area contributed by atoms with Gasteiger partial charge in [-0.15, -0.1) is 0 Å². The van der Waals surface area contributed by atoms with Gasteiger partial charge in [0.25, 0.3) is 5.56 Å². The third-order valence-electron chi connectivity index (χ3n) is 5.03. The predicted octanol–water partition coefficient (Wildman–Crippen LogP) is 1.85. The Morgan fingerprint density at radius 3 is 2.15 bits per heavy atom. The Hall–Kier alpha value is -4.05. The smallest absolute Gasteiger partial charge is 0.338 e. The van der Waals surface area contributed by atoms with Crippen molar-refractivity contribution in [3.05, 3.63) is 105 Å². The highest BCUT2D eigenvalue weighted by Crippen LogP contribution is 2.33. The van der Waals surface area contributed by atoms with Gasteiger partial charge >= 0.3 is 17.6 Å². The van der Waals surface area contributed by atoms with Crippen LogP contribution in [0.2, 0.25) is 0 Å². The van der Waals surface area contributed by atoms with Crippen LogP contribution in [0.15, 0.2) is 82.5 Å². The Labute approximate surface area is 186 Å². The fraction of sp³-hybridized carbons (Fsp3) is 0.217. The maximum Gasteiger partial charge on any atom is 0.338 e. The number of nitrogens with one attached hydrogen (secondary N) is 1. The molecule has 0 unspecified atom stereocenters. The van der Waals surface area contributed by atoms with Gasteiger partial charge < -0.3 is 14.2 Å². The molecule has 1 aromatic heterocycles. The highest BCUT2D eigenvalue weighted by Gasteiger charge is 2.49. The first-order valence-electron chi connectivity index (χ1n) is 10.0. The number of esters is 2. The van der Waals surface area contributed by atoms with E-state index in [4.69, 9.17) is 14.2 Å². The number of carbonyl (C=O) groups excluding carboxylic acids is 2. The molecule has 4 rings (SSSR count). The summed E-state index contributed by atoms with van der Waals surface area (Å²) in [7, 11) is 0. The molecule has 0 aliphatic carbocycles. The number of hydrogen-bond acceptors (Lipinski definition) is 7. The van der Waals surface area contributed by atoms with Crippen LogP contribution < -0.4 is 11.2 Å². The molecule has 2 aromatic carbocycles. The molecule has 1 aliphatic rings. The zero-order valence-electron chi connectivity index (χ0n) is 17.1. The van der Waals surface area contributed by atoms with Gasteiger partial charge in [-0.3, -0.25) is 14.3 Å². The van der Waals surface area contributed by atoms with Gasteiger partial charge in [-0.25, -0.2) is 18.8 Å². The number of nitrogens with zero attached hydrogens (tertiary/aromatic N) is 1. The Morgan fingerprint density at radius 2 is 1.55 bits per heavy atom. The third-order valence-corrected chi connectivity index (χ3v) is 5.03. The lowest BCUT2D eigenvalue weighted by Crippen LogP contribution is -2.38. The van der Waals surface area contributed by atoms with Crippen LogP contribution in [0.4, 0.5) is 4.39 Å². The van der Waals surface area contributed by atoms with Crippen molar-refractivity contribution < 1.29 is 28.2 Å². The van der Waals surface area contributed by atoms with E-state index in [1.54, 1.807) is 48.5 Å². The number of H-pyrrole nitrogens is 1. The van der Waals surface area contributed by atoms with Gasteiger partial charge in [-0.05, 0) is 24.3 Å². The number of benzene rings is 2. The summed E-state index contributed by atoms with van der Waals surface area (Å²) in [6.45, 7) is -0.435. The van der Waals surface area contributed by atoms with Crippen LogP contribution in [0.1, 0.15) is 26.9 Å². The van der Waals surface area contributed by atoms with Crippen molar-refractivity contribution >= 4 is 11.9 Å². The molecule has 33 heavy (non-hydrogen) atoms. The Kier molecular flexibility index (Phi) is 6.45. The van der Waals surface area contributed by atoms with Crippen LogP contribution >= 0.6 is 0 Å². The van der Waals surface area contributed by atoms with Gasteiger partial charge in [0, 0.05) is 12.3 Å². The van der Waals surface area contributed by atoms with Gasteiger partial charge in [0.1, 0.15) is 12.7 Å². The molecule has 3 aromatic rings. The number of ether oxygens (including phenoxy) is 3. The molecular weight excluding hydrogens is 435 g/mol. The lowest BCUT2D eigenvalue weighted by Gasteiger charge is -2.19. The minimum Gasteiger partial charge on any atom is -0.459 e. The summed E-state index contributed by atoms with van der Waals surface area (Å²) in [5, 5.41) is 0. The van der Waals surface area contributed by atoms with E-state index in [1.807, 2.05) is 4.98 Å². The Bertz CT molecular complexity index is 1240. The first kappa shape index (κ1) is 22.2. The number of aromatic amines is 1. The minimum atomic E-state index is -1.98. The predicted molar refractivity (Wildman–Crippen MR) is 112 cm³/mol. The maximum absolute atomic E-state index is 15.4. The molecule has 1 aliphatic heterocycles. The van der Waals surface area contributed by atoms with Crippen LogP contribution in [0, 0.1) is 0 Å². The number of halogens is 1. The number of hydrogen-bond donors (Lipinski definition) is 1. The van der Waals surface area contributed by atoms with E-state index >= 15 is 4.39 Å². The van der Waals surface area contributed by atoms with Crippen LogP contribution in [-0.2, 0) is 14.2 Å². The number of rotatable bonds is 6. The second-order valence-electron chi connectivity index (χ2n) is 7.23. The second kappa shape index (κ2) is 9.61. The normalized spacial score (nSPS) is 22.0. The molecule has 0 amide bonds. The highest BCUT2D eigenvalue weighted by atomic mass is 19.1. The van der Waals surface area contributed by atoms with Crippen molar-refractivity contribution in [1.82, 2.24) is 9.55 Å². The van der Waals surface area contributed by atoms with Crippen molar-refractivity contribution in [1.29, 1.82) is 0 Å². The SMILES string of the molecule is O=C(OC[C@@H]1O[C@@H](n2ccc(=O)[nH]c2=O)[C@@H](F)[C@H]1OC(=O)c1ccccc1)c1ccccc1. The van der Waals surface area contributed by atoms with E-state index < -0.39 is 54.4 Å². The number of aromatic nitrogens is 2. The average molecular weight is 454 g/mol. The van der Waals surface area contributed by atoms with E-state index in [9.17, 15) is 19.2 Å². The maximum atomic E-state index is 15.4. The highest BCUT2D eigenvalue weighted by molar-refractivity contribution is 5.90. The van der Waals surface area contributed by atoms with Crippen molar-refractivity contribution in [2.75, 3.05) is 6.61 Å². The van der Waals surface area contributed by atoms with Crippen LogP contribution in [0.5, 0.6) is 0 Å². The monoisotopic (exact) mass is 454 g/mol. The number of carbonyl (C=O) groups is 2. The molecule has 1 N–H and O–H groups in total. The van der Waals surface area contributed by atoms with Crippen molar-refractivity contribution in [2.45, 2.75) is 24.6 Å². The van der Waals surface area contributed by atoms with Gasteiger partial charge in [-0.2, -0.15) is 0 Å².